The summed E-state index contributed by atoms with van der Waals surface area (Å²) < 4.78 is 18.3. The summed E-state index contributed by atoms with van der Waals surface area (Å²) in [4.78, 5) is 8.76. The van der Waals surface area contributed by atoms with Crippen molar-refractivity contribution in [3.8, 4) is 11.4 Å². The zero-order valence-corrected chi connectivity index (χ0v) is 18.9. The lowest BCUT2D eigenvalue weighted by Crippen LogP contribution is -2.24. The maximum absolute atomic E-state index is 13.0. The van der Waals surface area contributed by atoms with Gasteiger partial charge < -0.3 is 15.6 Å². The van der Waals surface area contributed by atoms with Crippen molar-refractivity contribution in [3.05, 3.63) is 65.3 Å². The lowest BCUT2D eigenvalue weighted by molar-refractivity contribution is 0.376. The average molecular weight is 521 g/mol. The molecule has 8 heteroatoms. The Balaban J connectivity index is 0.00000256. The number of aliphatic imine (C=N–C) groups is 1. The highest BCUT2D eigenvalue weighted by Gasteiger charge is 2.13. The molecule has 0 amide bonds. The van der Waals surface area contributed by atoms with Crippen LogP contribution in [-0.2, 0) is 19.3 Å². The van der Waals surface area contributed by atoms with Crippen molar-refractivity contribution >= 4 is 35.6 Å². The van der Waals surface area contributed by atoms with Crippen LogP contribution < -0.4 is 11.1 Å². The highest BCUT2D eigenvalue weighted by atomic mass is 127. The maximum atomic E-state index is 13.0. The number of benzene rings is 2. The van der Waals surface area contributed by atoms with Crippen molar-refractivity contribution < 1.29 is 8.91 Å². The molecule has 0 aliphatic heterocycles. The molecule has 0 radical (unpaired) electrons. The number of guanidine groups is 1. The van der Waals surface area contributed by atoms with Crippen LogP contribution in [0.5, 0.6) is 0 Å². The standard InChI is InChI=1S/C22H24FN5O.HI/c23-17-12-10-16(11-13-17)21-27-20(29-28-21)9-4-14-25-22(24)26-19-8-3-6-15-5-1-2-7-18(15)19;/h3,6,8,10-13H,1-2,4-5,7,9,14H2,(H3,24,25,26);1H. The number of aromatic nitrogens is 2. The lowest BCUT2D eigenvalue weighted by Gasteiger charge is -2.19. The molecule has 1 aromatic heterocycles. The van der Waals surface area contributed by atoms with Gasteiger partial charge in [0.2, 0.25) is 11.7 Å². The van der Waals surface area contributed by atoms with Crippen LogP contribution in [-0.4, -0.2) is 22.6 Å². The van der Waals surface area contributed by atoms with E-state index in [4.69, 9.17) is 10.3 Å². The van der Waals surface area contributed by atoms with Crippen LogP contribution >= 0.6 is 24.0 Å². The second-order valence-electron chi connectivity index (χ2n) is 7.16. The van der Waals surface area contributed by atoms with Crippen molar-refractivity contribution in [1.29, 1.82) is 0 Å². The molecule has 1 heterocycles. The van der Waals surface area contributed by atoms with Gasteiger partial charge in [-0.05, 0) is 73.6 Å². The fourth-order valence-electron chi connectivity index (χ4n) is 3.58. The predicted octanol–water partition coefficient (Wildman–Crippen LogP) is 4.73. The van der Waals surface area contributed by atoms with Gasteiger partial charge in [0.1, 0.15) is 5.82 Å². The largest absolute Gasteiger partial charge is 0.370 e. The minimum Gasteiger partial charge on any atom is -0.370 e. The van der Waals surface area contributed by atoms with Gasteiger partial charge in [-0.25, -0.2) is 4.39 Å². The van der Waals surface area contributed by atoms with Crippen LogP contribution in [0.25, 0.3) is 11.4 Å². The molecule has 0 atom stereocenters. The highest BCUT2D eigenvalue weighted by molar-refractivity contribution is 14.0. The number of nitrogens with two attached hydrogens (primary N) is 1. The summed E-state index contributed by atoms with van der Waals surface area (Å²) in [6.45, 7) is 0.558. The minimum atomic E-state index is -0.294. The molecule has 0 saturated carbocycles. The SMILES string of the molecule is I.NC(=NCCCc1nc(-c2ccc(F)cc2)no1)Nc1cccc2c1CCCC2. The second kappa shape index (κ2) is 10.5. The normalized spacial score (nSPS) is 13.4. The first-order valence-corrected chi connectivity index (χ1v) is 9.95. The van der Waals surface area contributed by atoms with Gasteiger partial charge in [0.15, 0.2) is 5.96 Å². The number of nitrogens with zero attached hydrogens (tertiary/aromatic N) is 3. The van der Waals surface area contributed by atoms with Gasteiger partial charge in [0.05, 0.1) is 0 Å². The van der Waals surface area contributed by atoms with E-state index in [2.05, 4.69) is 38.6 Å². The number of rotatable bonds is 6. The Kier molecular flexibility index (Phi) is 7.78. The minimum absolute atomic E-state index is 0. The Labute approximate surface area is 192 Å². The van der Waals surface area contributed by atoms with Gasteiger partial charge in [-0.3, -0.25) is 4.99 Å². The van der Waals surface area contributed by atoms with E-state index in [1.54, 1.807) is 12.1 Å². The first kappa shape index (κ1) is 22.2. The van der Waals surface area contributed by atoms with E-state index >= 15 is 0 Å². The predicted molar refractivity (Wildman–Crippen MR) is 127 cm³/mol. The molecular formula is C22H25FIN5O. The molecule has 2 aromatic carbocycles. The number of nitrogens with one attached hydrogen (secondary N) is 1. The molecule has 3 N–H and O–H groups in total. The molecule has 0 bridgehead atoms. The van der Waals surface area contributed by atoms with E-state index in [1.165, 1.54) is 36.1 Å². The molecule has 158 valence electrons. The molecule has 6 nitrogen and oxygen atoms in total. The molecule has 0 unspecified atom stereocenters. The first-order chi connectivity index (χ1) is 14.2. The fourth-order valence-corrected chi connectivity index (χ4v) is 3.58. The number of fused-ring (bicyclic) bond motifs is 1. The Morgan fingerprint density at radius 2 is 1.93 bits per heavy atom. The van der Waals surface area contributed by atoms with Crippen molar-refractivity contribution in [2.24, 2.45) is 10.7 Å². The van der Waals surface area contributed by atoms with E-state index in [0.29, 0.717) is 30.6 Å². The van der Waals surface area contributed by atoms with Crippen molar-refractivity contribution in [2.75, 3.05) is 11.9 Å². The smallest absolute Gasteiger partial charge is 0.227 e. The number of anilines is 1. The Morgan fingerprint density at radius 1 is 1.13 bits per heavy atom. The Hall–Kier alpha value is -2.49. The van der Waals surface area contributed by atoms with Gasteiger partial charge in [0.25, 0.3) is 0 Å². The molecule has 0 saturated heterocycles. The van der Waals surface area contributed by atoms with Crippen LogP contribution in [0, 0.1) is 5.82 Å². The van der Waals surface area contributed by atoms with E-state index in [9.17, 15) is 4.39 Å². The molecule has 0 spiro atoms. The summed E-state index contributed by atoms with van der Waals surface area (Å²) in [7, 11) is 0. The summed E-state index contributed by atoms with van der Waals surface area (Å²) >= 11 is 0. The topological polar surface area (TPSA) is 89.3 Å². The van der Waals surface area contributed by atoms with E-state index in [0.717, 1.165) is 30.5 Å². The number of hydrogen-bond acceptors (Lipinski definition) is 4. The van der Waals surface area contributed by atoms with Gasteiger partial charge in [-0.1, -0.05) is 17.3 Å². The second-order valence-corrected chi connectivity index (χ2v) is 7.16. The van der Waals surface area contributed by atoms with Crippen LogP contribution in [0.4, 0.5) is 10.1 Å². The van der Waals surface area contributed by atoms with Crippen LogP contribution in [0.2, 0.25) is 0 Å². The van der Waals surface area contributed by atoms with E-state index in [-0.39, 0.29) is 29.8 Å². The molecule has 0 fully saturated rings. The molecule has 30 heavy (non-hydrogen) atoms. The Morgan fingerprint density at radius 3 is 2.77 bits per heavy atom. The maximum Gasteiger partial charge on any atom is 0.227 e. The summed E-state index contributed by atoms with van der Waals surface area (Å²) in [5.74, 6) is 1.11. The summed E-state index contributed by atoms with van der Waals surface area (Å²) in [6, 6.07) is 12.3. The zero-order chi connectivity index (χ0) is 20.1. The van der Waals surface area contributed by atoms with Gasteiger partial charge in [-0.2, -0.15) is 4.98 Å². The van der Waals surface area contributed by atoms with Crippen LogP contribution in [0.15, 0.2) is 52.0 Å². The summed E-state index contributed by atoms with van der Waals surface area (Å²) in [5.41, 5.74) is 10.6. The highest BCUT2D eigenvalue weighted by Crippen LogP contribution is 2.27. The third-order valence-corrected chi connectivity index (χ3v) is 5.06. The fraction of sp³-hybridized carbons (Fsp3) is 0.318. The van der Waals surface area contributed by atoms with E-state index < -0.39 is 0 Å². The third kappa shape index (κ3) is 5.56. The molecule has 1 aliphatic rings. The third-order valence-electron chi connectivity index (χ3n) is 5.06. The van der Waals surface area contributed by atoms with Crippen LogP contribution in [0.1, 0.15) is 36.3 Å². The number of aryl methyl sites for hydroxylation is 2. The quantitative estimate of drug-likeness (QED) is 0.212. The summed E-state index contributed by atoms with van der Waals surface area (Å²) in [5, 5.41) is 7.19. The van der Waals surface area contributed by atoms with Gasteiger partial charge >= 0.3 is 0 Å². The van der Waals surface area contributed by atoms with Gasteiger partial charge in [0, 0.05) is 24.2 Å². The molecule has 3 aromatic rings. The molecule has 4 rings (SSSR count). The Bertz CT molecular complexity index is 1000. The zero-order valence-electron chi connectivity index (χ0n) is 16.6. The number of halogens is 2. The van der Waals surface area contributed by atoms with Gasteiger partial charge in [-0.15, -0.1) is 24.0 Å². The average Bonchev–Trinajstić information content (AvgIpc) is 3.21. The van der Waals surface area contributed by atoms with Crippen molar-refractivity contribution in [2.45, 2.75) is 38.5 Å². The summed E-state index contributed by atoms with van der Waals surface area (Å²) in [6.07, 6.45) is 6.02. The van der Waals surface area contributed by atoms with Crippen LogP contribution in [0.3, 0.4) is 0 Å². The monoisotopic (exact) mass is 521 g/mol. The van der Waals surface area contributed by atoms with E-state index in [1.807, 2.05) is 0 Å². The number of hydrogen-bond donors (Lipinski definition) is 2. The van der Waals surface area contributed by atoms with Crippen molar-refractivity contribution in [1.82, 2.24) is 10.1 Å². The molecule has 1 aliphatic carbocycles. The lowest BCUT2D eigenvalue weighted by atomic mass is 9.90. The molecular weight excluding hydrogens is 496 g/mol. The first-order valence-electron chi connectivity index (χ1n) is 9.95. The van der Waals surface area contributed by atoms with Crippen molar-refractivity contribution in [3.63, 3.8) is 0 Å².